The highest BCUT2D eigenvalue weighted by atomic mass is 19.1. The number of nitrogens with zero attached hydrogens (tertiary/aromatic N) is 2. The van der Waals surface area contributed by atoms with Gasteiger partial charge in [0.2, 0.25) is 0 Å². The van der Waals surface area contributed by atoms with Crippen LogP contribution in [0.15, 0.2) is 48.8 Å². The normalized spacial score (nSPS) is 10.5. The summed E-state index contributed by atoms with van der Waals surface area (Å²) in [6.07, 6.45) is 1.28. The van der Waals surface area contributed by atoms with Crippen LogP contribution in [0, 0.1) is 18.6 Å². The van der Waals surface area contributed by atoms with Crippen molar-refractivity contribution in [2.45, 2.75) is 6.92 Å². The molecule has 0 fully saturated rings. The van der Waals surface area contributed by atoms with Gasteiger partial charge in [-0.1, -0.05) is 17.7 Å². The van der Waals surface area contributed by atoms with Gasteiger partial charge in [-0.05, 0) is 31.2 Å². The molecule has 0 spiro atoms. The van der Waals surface area contributed by atoms with Gasteiger partial charge < -0.3 is 16.4 Å². The van der Waals surface area contributed by atoms with E-state index in [1.54, 1.807) is 0 Å². The summed E-state index contributed by atoms with van der Waals surface area (Å²) >= 11 is 0. The monoisotopic (exact) mass is 327 g/mol. The zero-order valence-electron chi connectivity index (χ0n) is 12.8. The van der Waals surface area contributed by atoms with E-state index in [9.17, 15) is 8.78 Å². The fourth-order valence-electron chi connectivity index (χ4n) is 2.09. The van der Waals surface area contributed by atoms with E-state index in [1.165, 1.54) is 6.33 Å². The van der Waals surface area contributed by atoms with E-state index in [2.05, 4.69) is 20.6 Å². The van der Waals surface area contributed by atoms with Gasteiger partial charge in [0.15, 0.2) is 11.6 Å². The Morgan fingerprint density at radius 2 is 1.58 bits per heavy atom. The Labute approximate surface area is 137 Å². The largest absolute Gasteiger partial charge is 0.393 e. The second-order valence-electron chi connectivity index (χ2n) is 5.22. The van der Waals surface area contributed by atoms with Gasteiger partial charge in [0.05, 0.1) is 5.69 Å². The van der Waals surface area contributed by atoms with E-state index in [-0.39, 0.29) is 17.2 Å². The molecule has 0 radical (unpaired) electrons. The zero-order chi connectivity index (χ0) is 17.1. The first kappa shape index (κ1) is 15.7. The Balaban J connectivity index is 1.88. The van der Waals surface area contributed by atoms with Crippen molar-refractivity contribution in [2.24, 2.45) is 0 Å². The number of anilines is 5. The maximum absolute atomic E-state index is 13.7. The highest BCUT2D eigenvalue weighted by Crippen LogP contribution is 2.29. The average Bonchev–Trinajstić information content (AvgIpc) is 2.56. The Hall–Kier alpha value is -3.22. The molecule has 4 N–H and O–H groups in total. The summed E-state index contributed by atoms with van der Waals surface area (Å²) in [7, 11) is 0. The van der Waals surface area contributed by atoms with Crippen molar-refractivity contribution in [2.75, 3.05) is 16.4 Å². The minimum Gasteiger partial charge on any atom is -0.393 e. The van der Waals surface area contributed by atoms with Crippen molar-refractivity contribution in [3.63, 3.8) is 0 Å². The van der Waals surface area contributed by atoms with Crippen LogP contribution >= 0.6 is 0 Å². The lowest BCUT2D eigenvalue weighted by molar-refractivity contribution is 0.603. The molecular formula is C17H15F2N5. The topological polar surface area (TPSA) is 75.9 Å². The van der Waals surface area contributed by atoms with E-state index in [0.717, 1.165) is 29.4 Å². The van der Waals surface area contributed by atoms with Crippen LogP contribution in [0.2, 0.25) is 0 Å². The molecule has 2 aromatic carbocycles. The molecular weight excluding hydrogens is 312 g/mol. The third-order valence-electron chi connectivity index (χ3n) is 3.38. The molecule has 0 aliphatic heterocycles. The lowest BCUT2D eigenvalue weighted by atomic mass is 10.2. The number of benzene rings is 2. The number of nitrogens with two attached hydrogens (primary N) is 1. The molecule has 0 amide bonds. The highest BCUT2D eigenvalue weighted by Gasteiger charge is 2.11. The van der Waals surface area contributed by atoms with Crippen molar-refractivity contribution in [3.05, 3.63) is 66.0 Å². The molecule has 0 saturated heterocycles. The van der Waals surface area contributed by atoms with Crippen LogP contribution in [0.3, 0.4) is 0 Å². The molecule has 7 heteroatoms. The van der Waals surface area contributed by atoms with Crippen molar-refractivity contribution in [1.82, 2.24) is 9.97 Å². The zero-order valence-corrected chi connectivity index (χ0v) is 12.8. The van der Waals surface area contributed by atoms with E-state index < -0.39 is 11.6 Å². The van der Waals surface area contributed by atoms with Crippen LogP contribution in [-0.2, 0) is 0 Å². The van der Waals surface area contributed by atoms with Crippen LogP contribution in [0.4, 0.5) is 37.5 Å². The molecule has 5 nitrogen and oxygen atoms in total. The third kappa shape index (κ3) is 3.40. The van der Waals surface area contributed by atoms with Crippen molar-refractivity contribution >= 4 is 28.7 Å². The average molecular weight is 327 g/mol. The third-order valence-corrected chi connectivity index (χ3v) is 3.38. The fraction of sp³-hybridized carbons (Fsp3) is 0.0588. The van der Waals surface area contributed by atoms with Gasteiger partial charge in [0.25, 0.3) is 0 Å². The summed E-state index contributed by atoms with van der Waals surface area (Å²) in [4.78, 5) is 8.07. The smallest absolute Gasteiger partial charge is 0.159 e. The fourth-order valence-corrected chi connectivity index (χ4v) is 2.09. The lowest BCUT2D eigenvalue weighted by Crippen LogP contribution is -2.06. The van der Waals surface area contributed by atoms with Gasteiger partial charge in [-0.25, -0.2) is 18.7 Å². The molecule has 1 aromatic heterocycles. The van der Waals surface area contributed by atoms with E-state index >= 15 is 0 Å². The number of rotatable bonds is 4. The predicted molar refractivity (Wildman–Crippen MR) is 90.5 cm³/mol. The molecule has 0 saturated carbocycles. The summed E-state index contributed by atoms with van der Waals surface area (Å²) in [5.74, 6) is -0.621. The summed E-state index contributed by atoms with van der Waals surface area (Å²) in [6.45, 7) is 1.98. The maximum Gasteiger partial charge on any atom is 0.159 e. The van der Waals surface area contributed by atoms with Gasteiger partial charge in [-0.3, -0.25) is 0 Å². The first-order valence-corrected chi connectivity index (χ1v) is 7.19. The molecule has 0 aliphatic rings. The van der Waals surface area contributed by atoms with Crippen molar-refractivity contribution in [1.29, 1.82) is 0 Å². The first-order chi connectivity index (χ1) is 11.5. The Morgan fingerprint density at radius 3 is 2.29 bits per heavy atom. The molecule has 3 rings (SSSR count). The molecule has 0 bridgehead atoms. The number of hydrogen-bond donors (Lipinski definition) is 3. The van der Waals surface area contributed by atoms with Crippen LogP contribution in [0.5, 0.6) is 0 Å². The summed E-state index contributed by atoms with van der Waals surface area (Å²) < 4.78 is 27.0. The summed E-state index contributed by atoms with van der Waals surface area (Å²) in [5.41, 5.74) is 8.10. The van der Waals surface area contributed by atoms with E-state index in [0.29, 0.717) is 5.82 Å². The van der Waals surface area contributed by atoms with Crippen molar-refractivity contribution in [3.8, 4) is 0 Å². The number of halogens is 2. The minimum atomic E-state index is -0.609. The molecule has 122 valence electrons. The lowest BCUT2D eigenvalue weighted by Gasteiger charge is -2.13. The number of hydrogen-bond acceptors (Lipinski definition) is 5. The van der Waals surface area contributed by atoms with Gasteiger partial charge >= 0.3 is 0 Å². The second kappa shape index (κ2) is 6.49. The SMILES string of the molecule is Cc1ccc(Nc2ncnc(Nc3cc(F)ccc3F)c2N)cc1. The Morgan fingerprint density at radius 1 is 0.917 bits per heavy atom. The first-order valence-electron chi connectivity index (χ1n) is 7.19. The molecule has 3 aromatic rings. The predicted octanol–water partition coefficient (Wildman–Crippen LogP) is 4.13. The quantitative estimate of drug-likeness (QED) is 0.671. The standard InChI is InChI=1S/C17H15F2N5/c1-10-2-5-12(6-3-10)23-16-15(20)17(22-9-21-16)24-14-8-11(18)4-7-13(14)19/h2-9H,20H2,1H3,(H2,21,22,23,24). The van der Waals surface area contributed by atoms with Crippen LogP contribution in [0.25, 0.3) is 0 Å². The van der Waals surface area contributed by atoms with Gasteiger partial charge in [0.1, 0.15) is 23.6 Å². The Kier molecular flexibility index (Phi) is 4.24. The van der Waals surface area contributed by atoms with Crippen LogP contribution < -0.4 is 16.4 Å². The number of aryl methyl sites for hydroxylation is 1. The number of aromatic nitrogens is 2. The molecule has 0 unspecified atom stereocenters. The molecule has 0 aliphatic carbocycles. The summed E-state index contributed by atoms with van der Waals surface area (Å²) in [6, 6.07) is 10.8. The molecule has 24 heavy (non-hydrogen) atoms. The van der Waals surface area contributed by atoms with Gasteiger partial charge in [0, 0.05) is 11.8 Å². The van der Waals surface area contributed by atoms with Gasteiger partial charge in [-0.15, -0.1) is 0 Å². The number of nitrogen functional groups attached to an aromatic ring is 1. The van der Waals surface area contributed by atoms with Crippen molar-refractivity contribution < 1.29 is 8.78 Å². The second-order valence-corrected chi connectivity index (χ2v) is 5.22. The van der Waals surface area contributed by atoms with E-state index in [1.807, 2.05) is 31.2 Å². The van der Waals surface area contributed by atoms with Crippen LogP contribution in [-0.4, -0.2) is 9.97 Å². The van der Waals surface area contributed by atoms with Gasteiger partial charge in [-0.2, -0.15) is 0 Å². The van der Waals surface area contributed by atoms with E-state index in [4.69, 9.17) is 5.73 Å². The molecule has 1 heterocycles. The minimum absolute atomic E-state index is 0.0540. The maximum atomic E-state index is 13.7. The molecule has 0 atom stereocenters. The number of nitrogens with one attached hydrogen (secondary N) is 2. The van der Waals surface area contributed by atoms with Crippen LogP contribution in [0.1, 0.15) is 5.56 Å². The highest BCUT2D eigenvalue weighted by molar-refractivity contribution is 5.80. The summed E-state index contributed by atoms with van der Waals surface area (Å²) in [5, 5.41) is 5.75. The Bertz CT molecular complexity index is 865.